The fourth-order valence-corrected chi connectivity index (χ4v) is 3.67. The molecule has 0 bridgehead atoms. The lowest BCUT2D eigenvalue weighted by molar-refractivity contribution is -0.348. The molecule has 0 unspecified atom stereocenters. The number of amides is 2. The van der Waals surface area contributed by atoms with E-state index >= 15 is 0 Å². The molecular formula is C25H19F7N2O2. The summed E-state index contributed by atoms with van der Waals surface area (Å²) in [5.41, 5.74) is -7.15. The topological polar surface area (TPSA) is 58.2 Å². The Morgan fingerprint density at radius 3 is 1.58 bits per heavy atom. The number of carbonyl (C=O) groups is 2. The third kappa shape index (κ3) is 5.19. The van der Waals surface area contributed by atoms with Crippen molar-refractivity contribution in [3.63, 3.8) is 0 Å². The van der Waals surface area contributed by atoms with E-state index in [9.17, 15) is 40.3 Å². The van der Waals surface area contributed by atoms with Crippen LogP contribution in [0.2, 0.25) is 0 Å². The fraction of sp³-hybridized carbons (Fsp3) is 0.200. The molecule has 0 aliphatic rings. The maximum Gasteiger partial charge on any atom is 0.435 e. The minimum atomic E-state index is -6.27. The van der Waals surface area contributed by atoms with Crippen molar-refractivity contribution in [3.8, 4) is 0 Å². The number of anilines is 2. The second-order valence-electron chi connectivity index (χ2n) is 7.99. The summed E-state index contributed by atoms with van der Waals surface area (Å²) in [6.07, 6.45) is -12.5. The van der Waals surface area contributed by atoms with E-state index in [1.807, 2.05) is 0 Å². The molecule has 0 aliphatic carbocycles. The number of nitrogens with one attached hydrogen (secondary N) is 2. The summed E-state index contributed by atoms with van der Waals surface area (Å²) >= 11 is 0. The number of benzene rings is 3. The van der Waals surface area contributed by atoms with Crippen molar-refractivity contribution in [2.24, 2.45) is 0 Å². The minimum absolute atomic E-state index is 0.194. The molecule has 0 aliphatic heterocycles. The van der Waals surface area contributed by atoms with Crippen LogP contribution in [0.15, 0.2) is 66.7 Å². The molecule has 0 saturated heterocycles. The molecule has 2 amide bonds. The van der Waals surface area contributed by atoms with Crippen molar-refractivity contribution < 1.29 is 40.3 Å². The predicted octanol–water partition coefficient (Wildman–Crippen LogP) is 7.10. The van der Waals surface area contributed by atoms with Crippen LogP contribution in [0.3, 0.4) is 0 Å². The van der Waals surface area contributed by atoms with E-state index in [2.05, 4.69) is 10.6 Å². The monoisotopic (exact) mass is 512 g/mol. The summed E-state index contributed by atoms with van der Waals surface area (Å²) in [6, 6.07) is 15.0. The van der Waals surface area contributed by atoms with Gasteiger partial charge in [0.2, 0.25) is 0 Å². The van der Waals surface area contributed by atoms with E-state index in [-0.39, 0.29) is 22.4 Å². The van der Waals surface area contributed by atoms with E-state index in [0.29, 0.717) is 23.4 Å². The lowest BCUT2D eigenvalue weighted by Gasteiger charge is -2.31. The van der Waals surface area contributed by atoms with Gasteiger partial charge < -0.3 is 10.6 Å². The lowest BCUT2D eigenvalue weighted by Crippen LogP contribution is -2.50. The van der Waals surface area contributed by atoms with E-state index in [1.54, 1.807) is 36.4 Å². The Balaban J connectivity index is 1.87. The predicted molar refractivity (Wildman–Crippen MR) is 120 cm³/mol. The Morgan fingerprint density at radius 1 is 0.639 bits per heavy atom. The summed E-state index contributed by atoms with van der Waals surface area (Å²) in [4.78, 5) is 25.2. The number of hydrogen-bond acceptors (Lipinski definition) is 2. The molecule has 0 fully saturated rings. The number of aryl methyl sites for hydroxylation is 2. The zero-order chi connectivity index (χ0) is 26.9. The normalized spacial score (nSPS) is 12.2. The summed E-state index contributed by atoms with van der Waals surface area (Å²) in [5, 5.41) is 5.13. The van der Waals surface area contributed by atoms with Crippen LogP contribution in [0, 0.1) is 13.8 Å². The van der Waals surface area contributed by atoms with Gasteiger partial charge in [-0.15, -0.1) is 0 Å². The Hall–Kier alpha value is -3.89. The van der Waals surface area contributed by atoms with Crippen molar-refractivity contribution >= 4 is 23.2 Å². The largest absolute Gasteiger partial charge is 0.435 e. The molecule has 0 atom stereocenters. The molecule has 3 rings (SSSR count). The van der Waals surface area contributed by atoms with E-state index < -0.39 is 35.4 Å². The molecular weight excluding hydrogens is 493 g/mol. The van der Waals surface area contributed by atoms with Crippen LogP contribution in [-0.4, -0.2) is 24.2 Å². The summed E-state index contributed by atoms with van der Waals surface area (Å²) in [5.74, 6) is -1.25. The van der Waals surface area contributed by atoms with Crippen molar-refractivity contribution in [3.05, 3.63) is 94.5 Å². The number of halogens is 7. The standard InChI is InChI=1S/C25H19F7N2O2/c1-14-11-17(23(26,24(27,28)29)25(30,31)32)12-15(2)20(14)22(36)34-19-10-6-9-18(13-19)33-21(35)16-7-4-3-5-8-16/h3-13H,1-2H3,(H,33,35)(H,34,36). The Kier molecular flexibility index (Phi) is 7.15. The van der Waals surface area contributed by atoms with Gasteiger partial charge in [0.25, 0.3) is 11.8 Å². The second kappa shape index (κ2) is 9.63. The summed E-state index contributed by atoms with van der Waals surface area (Å²) in [7, 11) is 0. The van der Waals surface area contributed by atoms with Gasteiger partial charge in [-0.1, -0.05) is 36.4 Å². The maximum absolute atomic E-state index is 14.5. The number of carbonyl (C=O) groups excluding carboxylic acids is 2. The molecule has 11 heteroatoms. The van der Waals surface area contributed by atoms with Crippen LogP contribution in [0.5, 0.6) is 0 Å². The van der Waals surface area contributed by atoms with Crippen LogP contribution >= 0.6 is 0 Å². The first-order valence-corrected chi connectivity index (χ1v) is 10.4. The SMILES string of the molecule is Cc1cc(C(F)(C(F)(F)F)C(F)(F)F)cc(C)c1C(=O)Nc1cccc(NC(=O)c2ccccc2)c1. The average molecular weight is 512 g/mol. The van der Waals surface area contributed by atoms with Crippen molar-refractivity contribution in [2.75, 3.05) is 10.6 Å². The average Bonchev–Trinajstić information content (AvgIpc) is 2.77. The fourth-order valence-electron chi connectivity index (χ4n) is 3.67. The van der Waals surface area contributed by atoms with Crippen molar-refractivity contribution in [1.82, 2.24) is 0 Å². The van der Waals surface area contributed by atoms with E-state index in [0.717, 1.165) is 13.8 Å². The quantitative estimate of drug-likeness (QED) is 0.359. The molecule has 4 nitrogen and oxygen atoms in total. The molecule has 190 valence electrons. The van der Waals surface area contributed by atoms with Gasteiger partial charge in [0.15, 0.2) is 0 Å². The Labute approximate surface area is 201 Å². The summed E-state index contributed by atoms with van der Waals surface area (Å²) in [6.45, 7) is 2.21. The van der Waals surface area contributed by atoms with Crippen LogP contribution in [-0.2, 0) is 5.67 Å². The molecule has 3 aromatic carbocycles. The molecule has 0 spiro atoms. The highest BCUT2D eigenvalue weighted by molar-refractivity contribution is 6.07. The van der Waals surface area contributed by atoms with E-state index in [4.69, 9.17) is 0 Å². The number of hydrogen-bond donors (Lipinski definition) is 2. The zero-order valence-corrected chi connectivity index (χ0v) is 18.8. The van der Waals surface area contributed by atoms with Crippen LogP contribution in [0.4, 0.5) is 42.1 Å². The number of rotatable bonds is 5. The van der Waals surface area contributed by atoms with Gasteiger partial charge in [0.1, 0.15) is 0 Å². The third-order valence-electron chi connectivity index (χ3n) is 5.35. The maximum atomic E-state index is 14.5. The van der Waals surface area contributed by atoms with Gasteiger partial charge in [0, 0.05) is 28.1 Å². The molecule has 2 N–H and O–H groups in total. The molecule has 0 heterocycles. The summed E-state index contributed by atoms with van der Waals surface area (Å²) < 4.78 is 93.2. The highest BCUT2D eigenvalue weighted by Crippen LogP contribution is 2.53. The molecule has 0 radical (unpaired) electrons. The Morgan fingerprint density at radius 2 is 1.11 bits per heavy atom. The first-order chi connectivity index (χ1) is 16.6. The lowest BCUT2D eigenvalue weighted by atomic mass is 9.88. The van der Waals surface area contributed by atoms with Gasteiger partial charge in [-0.3, -0.25) is 9.59 Å². The molecule has 0 aromatic heterocycles. The molecule has 0 saturated carbocycles. The number of alkyl halides is 7. The van der Waals surface area contributed by atoms with Gasteiger partial charge in [0.05, 0.1) is 0 Å². The van der Waals surface area contributed by atoms with Gasteiger partial charge in [-0.25, -0.2) is 4.39 Å². The van der Waals surface area contributed by atoms with Gasteiger partial charge >= 0.3 is 18.0 Å². The first kappa shape index (κ1) is 26.7. The van der Waals surface area contributed by atoms with Crippen molar-refractivity contribution in [2.45, 2.75) is 31.9 Å². The van der Waals surface area contributed by atoms with Gasteiger partial charge in [-0.05, 0) is 55.3 Å². The van der Waals surface area contributed by atoms with Crippen LogP contribution < -0.4 is 10.6 Å². The highest BCUT2D eigenvalue weighted by atomic mass is 19.4. The van der Waals surface area contributed by atoms with Crippen LogP contribution in [0.25, 0.3) is 0 Å². The van der Waals surface area contributed by atoms with Gasteiger partial charge in [-0.2, -0.15) is 26.3 Å². The third-order valence-corrected chi connectivity index (χ3v) is 5.35. The smallest absolute Gasteiger partial charge is 0.322 e. The van der Waals surface area contributed by atoms with E-state index in [1.165, 1.54) is 18.2 Å². The first-order valence-electron chi connectivity index (χ1n) is 10.4. The Bertz CT molecular complexity index is 1250. The zero-order valence-electron chi connectivity index (χ0n) is 18.8. The van der Waals surface area contributed by atoms with Crippen molar-refractivity contribution in [1.29, 1.82) is 0 Å². The molecule has 36 heavy (non-hydrogen) atoms. The molecule has 3 aromatic rings. The highest BCUT2D eigenvalue weighted by Gasteiger charge is 2.73. The minimum Gasteiger partial charge on any atom is -0.322 e. The second-order valence-corrected chi connectivity index (χ2v) is 7.99. The van der Waals surface area contributed by atoms with Crippen LogP contribution in [0.1, 0.15) is 37.4 Å².